The van der Waals surface area contributed by atoms with Crippen molar-refractivity contribution < 1.29 is 9.53 Å². The van der Waals surface area contributed by atoms with Crippen molar-refractivity contribution in [2.45, 2.75) is 13.8 Å². The second kappa shape index (κ2) is 6.58. The number of hydrogen-bond donors (Lipinski definition) is 1. The van der Waals surface area contributed by atoms with Crippen molar-refractivity contribution in [1.29, 1.82) is 5.26 Å². The number of aryl methyl sites for hydroxylation is 2. The molecule has 0 aliphatic carbocycles. The van der Waals surface area contributed by atoms with Gasteiger partial charge in [-0.25, -0.2) is 0 Å². The lowest BCUT2D eigenvalue weighted by Gasteiger charge is -2.09. The molecule has 2 rings (SSSR count). The van der Waals surface area contributed by atoms with Crippen molar-refractivity contribution >= 4 is 11.6 Å². The monoisotopic (exact) mass is 280 g/mol. The Balaban J connectivity index is 1.92. The van der Waals surface area contributed by atoms with E-state index in [-0.39, 0.29) is 12.5 Å². The predicted octanol–water partition coefficient (Wildman–Crippen LogP) is 3.19. The minimum Gasteiger partial charge on any atom is -0.484 e. The molecular formula is C17H16N2O2. The largest absolute Gasteiger partial charge is 0.484 e. The highest BCUT2D eigenvalue weighted by Crippen LogP contribution is 2.15. The quantitative estimate of drug-likeness (QED) is 0.935. The van der Waals surface area contributed by atoms with Crippen LogP contribution in [0.2, 0.25) is 0 Å². The molecule has 2 aromatic rings. The zero-order valence-electron chi connectivity index (χ0n) is 12.0. The van der Waals surface area contributed by atoms with Gasteiger partial charge >= 0.3 is 0 Å². The number of hydrogen-bond acceptors (Lipinski definition) is 3. The predicted molar refractivity (Wildman–Crippen MR) is 81.2 cm³/mol. The Bertz CT molecular complexity index is 702. The van der Waals surface area contributed by atoms with Crippen molar-refractivity contribution in [1.82, 2.24) is 0 Å². The van der Waals surface area contributed by atoms with Gasteiger partial charge in [0, 0.05) is 5.69 Å². The summed E-state index contributed by atoms with van der Waals surface area (Å²) in [5, 5.41) is 11.6. The molecule has 0 spiro atoms. The van der Waals surface area contributed by atoms with E-state index < -0.39 is 0 Å². The summed E-state index contributed by atoms with van der Waals surface area (Å²) in [5.41, 5.74) is 3.55. The van der Waals surface area contributed by atoms with E-state index in [1.54, 1.807) is 24.3 Å². The number of carbonyl (C=O) groups is 1. The Hall–Kier alpha value is -2.80. The molecule has 0 aliphatic rings. The Morgan fingerprint density at radius 1 is 1.19 bits per heavy atom. The van der Waals surface area contributed by atoms with Crippen LogP contribution in [0.1, 0.15) is 16.7 Å². The number of carbonyl (C=O) groups excluding carboxylic acids is 1. The van der Waals surface area contributed by atoms with Gasteiger partial charge in [0.2, 0.25) is 0 Å². The molecule has 0 saturated carbocycles. The van der Waals surface area contributed by atoms with Crippen LogP contribution in [0.4, 0.5) is 5.69 Å². The molecule has 1 N–H and O–H groups in total. The average Bonchev–Trinajstić information content (AvgIpc) is 2.49. The van der Waals surface area contributed by atoms with E-state index >= 15 is 0 Å². The average molecular weight is 280 g/mol. The third kappa shape index (κ3) is 4.08. The zero-order valence-corrected chi connectivity index (χ0v) is 12.0. The molecule has 4 nitrogen and oxygen atoms in total. The number of anilines is 1. The first-order valence-corrected chi connectivity index (χ1v) is 6.58. The minimum atomic E-state index is -0.236. The van der Waals surface area contributed by atoms with E-state index in [2.05, 4.69) is 5.32 Å². The summed E-state index contributed by atoms with van der Waals surface area (Å²) in [6, 6.07) is 14.5. The topological polar surface area (TPSA) is 62.1 Å². The van der Waals surface area contributed by atoms with Gasteiger partial charge in [-0.2, -0.15) is 5.26 Å². The molecule has 0 aromatic heterocycles. The van der Waals surface area contributed by atoms with Crippen molar-refractivity contribution in [3.63, 3.8) is 0 Å². The van der Waals surface area contributed by atoms with Crippen molar-refractivity contribution in [2.24, 2.45) is 0 Å². The highest BCUT2D eigenvalue weighted by Gasteiger charge is 2.05. The zero-order chi connectivity index (χ0) is 15.2. The Kier molecular flexibility index (Phi) is 4.57. The van der Waals surface area contributed by atoms with E-state index in [9.17, 15) is 4.79 Å². The van der Waals surface area contributed by atoms with E-state index in [1.165, 1.54) is 5.56 Å². The summed E-state index contributed by atoms with van der Waals surface area (Å²) < 4.78 is 5.37. The van der Waals surface area contributed by atoms with Gasteiger partial charge in [-0.1, -0.05) is 12.1 Å². The normalized spacial score (nSPS) is 9.76. The van der Waals surface area contributed by atoms with Crippen LogP contribution in [0.5, 0.6) is 5.75 Å². The molecule has 2 aromatic carbocycles. The molecule has 21 heavy (non-hydrogen) atoms. The van der Waals surface area contributed by atoms with Crippen LogP contribution in [-0.4, -0.2) is 12.5 Å². The standard InChI is InChI=1S/C17H16N2O2/c1-12-6-7-15(8-13(12)2)19-17(20)11-21-16-5-3-4-14(9-16)10-18/h3-9H,11H2,1-2H3,(H,19,20). The van der Waals surface area contributed by atoms with Crippen LogP contribution < -0.4 is 10.1 Å². The van der Waals surface area contributed by atoms with E-state index in [4.69, 9.17) is 10.00 Å². The highest BCUT2D eigenvalue weighted by atomic mass is 16.5. The van der Waals surface area contributed by atoms with Crippen LogP contribution in [-0.2, 0) is 4.79 Å². The maximum Gasteiger partial charge on any atom is 0.262 e. The van der Waals surface area contributed by atoms with Gasteiger partial charge in [-0.05, 0) is 55.3 Å². The lowest BCUT2D eigenvalue weighted by atomic mass is 10.1. The third-order valence-electron chi connectivity index (χ3n) is 3.12. The summed E-state index contributed by atoms with van der Waals surface area (Å²) in [5.74, 6) is 0.268. The van der Waals surface area contributed by atoms with Gasteiger partial charge in [0.05, 0.1) is 11.6 Å². The number of nitrogens with one attached hydrogen (secondary N) is 1. The lowest BCUT2D eigenvalue weighted by Crippen LogP contribution is -2.20. The smallest absolute Gasteiger partial charge is 0.262 e. The molecule has 0 aliphatic heterocycles. The van der Waals surface area contributed by atoms with Crippen LogP contribution in [0.25, 0.3) is 0 Å². The van der Waals surface area contributed by atoms with Crippen molar-refractivity contribution in [3.05, 3.63) is 59.2 Å². The number of rotatable bonds is 4. The molecule has 106 valence electrons. The Morgan fingerprint density at radius 2 is 2.00 bits per heavy atom. The molecule has 0 saturated heterocycles. The first kappa shape index (κ1) is 14.6. The van der Waals surface area contributed by atoms with Gasteiger partial charge in [-0.15, -0.1) is 0 Å². The maximum atomic E-state index is 11.8. The van der Waals surface area contributed by atoms with Crippen molar-refractivity contribution in [2.75, 3.05) is 11.9 Å². The second-order valence-corrected chi connectivity index (χ2v) is 4.78. The van der Waals surface area contributed by atoms with Crippen LogP contribution in [0.15, 0.2) is 42.5 Å². The first-order chi connectivity index (χ1) is 10.1. The molecule has 0 atom stereocenters. The van der Waals surface area contributed by atoms with Crippen LogP contribution in [0.3, 0.4) is 0 Å². The fourth-order valence-corrected chi connectivity index (χ4v) is 1.82. The van der Waals surface area contributed by atoms with Crippen LogP contribution in [0, 0.1) is 25.2 Å². The van der Waals surface area contributed by atoms with Gasteiger partial charge in [-0.3, -0.25) is 4.79 Å². The number of ether oxygens (including phenoxy) is 1. The van der Waals surface area contributed by atoms with Gasteiger partial charge in [0.15, 0.2) is 6.61 Å². The summed E-state index contributed by atoms with van der Waals surface area (Å²) in [4.78, 5) is 11.8. The molecule has 4 heteroatoms. The highest BCUT2D eigenvalue weighted by molar-refractivity contribution is 5.92. The number of nitriles is 1. The van der Waals surface area contributed by atoms with Crippen LogP contribution >= 0.6 is 0 Å². The molecule has 0 heterocycles. The maximum absolute atomic E-state index is 11.8. The fourth-order valence-electron chi connectivity index (χ4n) is 1.82. The fraction of sp³-hybridized carbons (Fsp3) is 0.176. The Morgan fingerprint density at radius 3 is 2.71 bits per heavy atom. The SMILES string of the molecule is Cc1ccc(NC(=O)COc2cccc(C#N)c2)cc1C. The van der Waals surface area contributed by atoms with Crippen molar-refractivity contribution in [3.8, 4) is 11.8 Å². The first-order valence-electron chi connectivity index (χ1n) is 6.58. The minimum absolute atomic E-state index is 0.0954. The number of benzene rings is 2. The summed E-state index contributed by atoms with van der Waals surface area (Å²) in [6.45, 7) is 3.92. The van der Waals surface area contributed by atoms with Gasteiger partial charge < -0.3 is 10.1 Å². The number of nitrogens with zero attached hydrogens (tertiary/aromatic N) is 1. The molecular weight excluding hydrogens is 264 g/mol. The van der Waals surface area contributed by atoms with Gasteiger partial charge in [0.1, 0.15) is 5.75 Å². The summed E-state index contributed by atoms with van der Waals surface area (Å²) in [7, 11) is 0. The molecule has 0 radical (unpaired) electrons. The van der Waals surface area contributed by atoms with E-state index in [0.29, 0.717) is 11.3 Å². The number of amides is 1. The lowest BCUT2D eigenvalue weighted by molar-refractivity contribution is -0.118. The summed E-state index contributed by atoms with van der Waals surface area (Å²) >= 11 is 0. The molecule has 0 bridgehead atoms. The second-order valence-electron chi connectivity index (χ2n) is 4.78. The van der Waals surface area contributed by atoms with Gasteiger partial charge in [0.25, 0.3) is 5.91 Å². The van der Waals surface area contributed by atoms with E-state index in [1.807, 2.05) is 38.1 Å². The summed E-state index contributed by atoms with van der Waals surface area (Å²) in [6.07, 6.45) is 0. The molecule has 1 amide bonds. The molecule has 0 unspecified atom stereocenters. The third-order valence-corrected chi connectivity index (χ3v) is 3.12. The molecule has 0 fully saturated rings. The van der Waals surface area contributed by atoms with E-state index in [0.717, 1.165) is 11.3 Å². The Labute approximate surface area is 124 Å².